The predicted molar refractivity (Wildman–Crippen MR) is 65.5 cm³/mol. The number of nitrogens with zero attached hydrogens (tertiary/aromatic N) is 2. The molecule has 16 heavy (non-hydrogen) atoms. The van der Waals surface area contributed by atoms with Gasteiger partial charge < -0.3 is 9.64 Å². The summed E-state index contributed by atoms with van der Waals surface area (Å²) in [7, 11) is 1.97. The van der Waals surface area contributed by atoms with E-state index < -0.39 is 0 Å². The van der Waals surface area contributed by atoms with Gasteiger partial charge in [0.15, 0.2) is 0 Å². The summed E-state index contributed by atoms with van der Waals surface area (Å²) in [4.78, 5) is 2.04. The molecule has 0 atom stereocenters. The zero-order chi connectivity index (χ0) is 12.0. The summed E-state index contributed by atoms with van der Waals surface area (Å²) >= 11 is 0. The van der Waals surface area contributed by atoms with E-state index in [9.17, 15) is 0 Å². The van der Waals surface area contributed by atoms with Gasteiger partial charge in [-0.1, -0.05) is 12.1 Å². The fourth-order valence-electron chi connectivity index (χ4n) is 1.45. The van der Waals surface area contributed by atoms with E-state index in [0.717, 1.165) is 12.2 Å². The van der Waals surface area contributed by atoms with Crippen molar-refractivity contribution in [1.82, 2.24) is 0 Å². The normalized spacial score (nSPS) is 10.2. The number of hydrogen-bond acceptors (Lipinski definition) is 3. The van der Waals surface area contributed by atoms with Gasteiger partial charge >= 0.3 is 0 Å². The SMILES string of the molecule is CC(C)OCCN(C)c1ccccc1C#N. The van der Waals surface area contributed by atoms with Gasteiger partial charge in [0.05, 0.1) is 24.0 Å². The summed E-state index contributed by atoms with van der Waals surface area (Å²) in [5, 5.41) is 8.97. The first-order chi connectivity index (χ1) is 7.65. The average molecular weight is 218 g/mol. The minimum Gasteiger partial charge on any atom is -0.377 e. The Morgan fingerprint density at radius 3 is 2.69 bits per heavy atom. The number of rotatable bonds is 5. The third kappa shape index (κ3) is 3.56. The van der Waals surface area contributed by atoms with Crippen LogP contribution in [0, 0.1) is 11.3 Å². The fraction of sp³-hybridized carbons (Fsp3) is 0.462. The van der Waals surface area contributed by atoms with E-state index in [-0.39, 0.29) is 6.10 Å². The van der Waals surface area contributed by atoms with Crippen LogP contribution in [-0.4, -0.2) is 26.3 Å². The molecule has 0 amide bonds. The zero-order valence-corrected chi connectivity index (χ0v) is 10.1. The molecule has 1 rings (SSSR count). The molecule has 1 aromatic carbocycles. The molecule has 3 heteroatoms. The van der Waals surface area contributed by atoms with E-state index in [4.69, 9.17) is 10.00 Å². The third-order valence-corrected chi connectivity index (χ3v) is 2.31. The van der Waals surface area contributed by atoms with Crippen LogP contribution in [0.5, 0.6) is 0 Å². The number of anilines is 1. The number of para-hydroxylation sites is 1. The lowest BCUT2D eigenvalue weighted by Crippen LogP contribution is -2.24. The quantitative estimate of drug-likeness (QED) is 0.761. The Morgan fingerprint density at radius 2 is 2.06 bits per heavy atom. The molecule has 0 aliphatic carbocycles. The van der Waals surface area contributed by atoms with Crippen molar-refractivity contribution in [2.24, 2.45) is 0 Å². The molecule has 0 heterocycles. The minimum absolute atomic E-state index is 0.250. The Kier molecular flexibility index (Phi) is 4.81. The molecule has 0 N–H and O–H groups in total. The monoisotopic (exact) mass is 218 g/mol. The average Bonchev–Trinajstić information content (AvgIpc) is 2.28. The Bertz CT molecular complexity index is 368. The minimum atomic E-state index is 0.250. The molecule has 1 aromatic rings. The summed E-state index contributed by atoms with van der Waals surface area (Å²) < 4.78 is 5.48. The highest BCUT2D eigenvalue weighted by atomic mass is 16.5. The number of nitriles is 1. The van der Waals surface area contributed by atoms with Crippen molar-refractivity contribution in [2.45, 2.75) is 20.0 Å². The maximum atomic E-state index is 8.97. The molecular weight excluding hydrogens is 200 g/mol. The van der Waals surface area contributed by atoms with Crippen LogP contribution >= 0.6 is 0 Å². The maximum absolute atomic E-state index is 8.97. The zero-order valence-electron chi connectivity index (χ0n) is 10.1. The lowest BCUT2D eigenvalue weighted by molar-refractivity contribution is 0.0846. The Labute approximate surface area is 97.3 Å². The van der Waals surface area contributed by atoms with E-state index in [1.807, 2.05) is 50.1 Å². The summed E-state index contributed by atoms with van der Waals surface area (Å²) in [5.74, 6) is 0. The van der Waals surface area contributed by atoms with E-state index in [0.29, 0.717) is 12.2 Å². The first-order valence-electron chi connectivity index (χ1n) is 5.47. The van der Waals surface area contributed by atoms with Crippen molar-refractivity contribution in [3.05, 3.63) is 29.8 Å². The van der Waals surface area contributed by atoms with E-state index in [1.54, 1.807) is 0 Å². The molecule has 0 aliphatic heterocycles. The highest BCUT2D eigenvalue weighted by Crippen LogP contribution is 2.17. The molecule has 3 nitrogen and oxygen atoms in total. The first-order valence-corrected chi connectivity index (χ1v) is 5.47. The van der Waals surface area contributed by atoms with Gasteiger partial charge in [0.2, 0.25) is 0 Å². The molecule has 0 aromatic heterocycles. The molecule has 0 aliphatic rings. The smallest absolute Gasteiger partial charge is 0.101 e. The second-order valence-electron chi connectivity index (χ2n) is 3.97. The van der Waals surface area contributed by atoms with Gasteiger partial charge in [-0.2, -0.15) is 5.26 Å². The van der Waals surface area contributed by atoms with Gasteiger partial charge in [-0.25, -0.2) is 0 Å². The number of hydrogen-bond donors (Lipinski definition) is 0. The number of ether oxygens (including phenoxy) is 1. The predicted octanol–water partition coefficient (Wildman–Crippen LogP) is 2.42. The van der Waals surface area contributed by atoms with Crippen LogP contribution in [0.15, 0.2) is 24.3 Å². The molecule has 0 fully saturated rings. The maximum Gasteiger partial charge on any atom is 0.101 e. The molecule has 0 saturated carbocycles. The fourth-order valence-corrected chi connectivity index (χ4v) is 1.45. The molecular formula is C13H18N2O. The number of benzene rings is 1. The van der Waals surface area contributed by atoms with Crippen LogP contribution in [0.3, 0.4) is 0 Å². The number of likely N-dealkylation sites (N-methyl/N-ethyl adjacent to an activating group) is 1. The van der Waals surface area contributed by atoms with E-state index in [2.05, 4.69) is 6.07 Å². The summed E-state index contributed by atoms with van der Waals surface area (Å²) in [6.07, 6.45) is 0.250. The summed E-state index contributed by atoms with van der Waals surface area (Å²) in [5.41, 5.74) is 1.66. The second-order valence-corrected chi connectivity index (χ2v) is 3.97. The Hall–Kier alpha value is -1.53. The molecule has 0 radical (unpaired) electrons. The van der Waals surface area contributed by atoms with Crippen LogP contribution in [0.1, 0.15) is 19.4 Å². The van der Waals surface area contributed by atoms with Crippen LogP contribution in [0.4, 0.5) is 5.69 Å². The van der Waals surface area contributed by atoms with E-state index in [1.165, 1.54) is 0 Å². The third-order valence-electron chi connectivity index (χ3n) is 2.31. The molecule has 0 spiro atoms. The molecule has 86 valence electrons. The lowest BCUT2D eigenvalue weighted by atomic mass is 10.2. The van der Waals surface area contributed by atoms with Crippen LogP contribution in [-0.2, 0) is 4.74 Å². The van der Waals surface area contributed by atoms with Crippen molar-refractivity contribution < 1.29 is 4.74 Å². The Morgan fingerprint density at radius 1 is 1.38 bits per heavy atom. The van der Waals surface area contributed by atoms with Gasteiger partial charge in [0.25, 0.3) is 0 Å². The highest BCUT2D eigenvalue weighted by molar-refractivity contribution is 5.58. The molecule has 0 unspecified atom stereocenters. The van der Waals surface area contributed by atoms with Gasteiger partial charge in [0.1, 0.15) is 6.07 Å². The highest BCUT2D eigenvalue weighted by Gasteiger charge is 2.06. The molecule has 0 saturated heterocycles. The summed E-state index contributed by atoms with van der Waals surface area (Å²) in [6.45, 7) is 5.50. The lowest BCUT2D eigenvalue weighted by Gasteiger charge is -2.20. The standard InChI is InChI=1S/C13H18N2O/c1-11(2)16-9-8-15(3)13-7-5-4-6-12(13)10-14/h4-7,11H,8-9H2,1-3H3. The second kappa shape index (κ2) is 6.14. The van der Waals surface area contributed by atoms with Crippen LogP contribution < -0.4 is 4.90 Å². The van der Waals surface area contributed by atoms with Gasteiger partial charge in [-0.3, -0.25) is 0 Å². The Balaban J connectivity index is 2.59. The largest absolute Gasteiger partial charge is 0.377 e. The van der Waals surface area contributed by atoms with Gasteiger partial charge in [-0.15, -0.1) is 0 Å². The van der Waals surface area contributed by atoms with Gasteiger partial charge in [0, 0.05) is 13.6 Å². The van der Waals surface area contributed by atoms with Crippen molar-refractivity contribution in [2.75, 3.05) is 25.1 Å². The van der Waals surface area contributed by atoms with Crippen LogP contribution in [0.25, 0.3) is 0 Å². The topological polar surface area (TPSA) is 36.3 Å². The van der Waals surface area contributed by atoms with E-state index >= 15 is 0 Å². The first kappa shape index (κ1) is 12.5. The van der Waals surface area contributed by atoms with Crippen molar-refractivity contribution in [3.8, 4) is 6.07 Å². The van der Waals surface area contributed by atoms with Crippen molar-refractivity contribution in [3.63, 3.8) is 0 Å². The van der Waals surface area contributed by atoms with Crippen LogP contribution in [0.2, 0.25) is 0 Å². The van der Waals surface area contributed by atoms with Crippen molar-refractivity contribution >= 4 is 5.69 Å². The summed E-state index contributed by atoms with van der Waals surface area (Å²) in [6, 6.07) is 9.79. The van der Waals surface area contributed by atoms with Gasteiger partial charge in [-0.05, 0) is 26.0 Å². The van der Waals surface area contributed by atoms with Crippen molar-refractivity contribution in [1.29, 1.82) is 5.26 Å². The molecule has 0 bridgehead atoms.